The minimum atomic E-state index is -4.26. The van der Waals surface area contributed by atoms with Crippen molar-refractivity contribution in [2.75, 3.05) is 63.4 Å². The van der Waals surface area contributed by atoms with Crippen LogP contribution in [0.5, 0.6) is 5.75 Å². The molecule has 44 heavy (non-hydrogen) atoms. The summed E-state index contributed by atoms with van der Waals surface area (Å²) in [6.45, 7) is 7.18. The molecule has 0 aliphatic carbocycles. The quantitative estimate of drug-likeness (QED) is 0.309. The fourth-order valence-electron chi connectivity index (χ4n) is 5.18. The van der Waals surface area contributed by atoms with E-state index >= 15 is 0 Å². The van der Waals surface area contributed by atoms with Gasteiger partial charge in [0.2, 0.25) is 5.91 Å². The first kappa shape index (κ1) is 32.1. The molecule has 0 spiro atoms. The third kappa shape index (κ3) is 8.02. The minimum absolute atomic E-state index is 0.0904. The molecule has 2 saturated heterocycles. The second kappa shape index (κ2) is 14.6. The monoisotopic (exact) mass is 659 g/mol. The number of likely N-dealkylation sites (tertiary alicyclic amines) is 1. The van der Waals surface area contributed by atoms with Gasteiger partial charge in [-0.05, 0) is 80.5 Å². The maximum atomic E-state index is 13.7. The molecule has 2 amide bonds. The highest BCUT2D eigenvalue weighted by molar-refractivity contribution is 7.92. The van der Waals surface area contributed by atoms with Crippen LogP contribution in [-0.2, 0) is 14.8 Å². The van der Waals surface area contributed by atoms with E-state index in [0.717, 1.165) is 30.6 Å². The first-order valence-corrected chi connectivity index (χ1v) is 16.7. The zero-order valence-corrected chi connectivity index (χ0v) is 26.5. The second-order valence-corrected chi connectivity index (χ2v) is 13.3. The highest BCUT2D eigenvalue weighted by Crippen LogP contribution is 2.32. The summed E-state index contributed by atoms with van der Waals surface area (Å²) in [5.41, 5.74) is 0.461. The zero-order chi connectivity index (χ0) is 31.1. The van der Waals surface area contributed by atoms with Gasteiger partial charge in [0.05, 0.1) is 22.2 Å². The lowest BCUT2D eigenvalue weighted by atomic mass is 10.2. The maximum absolute atomic E-state index is 13.7. The van der Waals surface area contributed by atoms with Crippen molar-refractivity contribution in [3.05, 3.63) is 88.4 Å². The Morgan fingerprint density at radius 1 is 0.818 bits per heavy atom. The number of halogens is 2. The van der Waals surface area contributed by atoms with E-state index in [0.29, 0.717) is 18.1 Å². The van der Waals surface area contributed by atoms with Crippen molar-refractivity contribution in [3.63, 3.8) is 0 Å². The third-order valence-corrected chi connectivity index (χ3v) is 9.85. The molecule has 13 heteroatoms. The second-order valence-electron chi connectivity index (χ2n) is 10.7. The van der Waals surface area contributed by atoms with Gasteiger partial charge in [0, 0.05) is 49.9 Å². The molecule has 0 atom stereocenters. The predicted octanol–water partition coefficient (Wildman–Crippen LogP) is 4.15. The molecule has 10 nitrogen and oxygen atoms in total. The Balaban J connectivity index is 1.17. The molecule has 0 aromatic heterocycles. The van der Waals surface area contributed by atoms with Gasteiger partial charge in [0.25, 0.3) is 15.9 Å². The van der Waals surface area contributed by atoms with Crippen molar-refractivity contribution in [3.8, 4) is 5.75 Å². The van der Waals surface area contributed by atoms with Gasteiger partial charge >= 0.3 is 0 Å². The number of benzene rings is 3. The van der Waals surface area contributed by atoms with Crippen LogP contribution in [0.1, 0.15) is 23.2 Å². The van der Waals surface area contributed by atoms with Crippen LogP contribution in [0.15, 0.2) is 77.7 Å². The van der Waals surface area contributed by atoms with Crippen LogP contribution in [0.2, 0.25) is 10.0 Å². The highest BCUT2D eigenvalue weighted by Gasteiger charge is 2.29. The summed E-state index contributed by atoms with van der Waals surface area (Å²) in [6, 6.07) is 18.1. The smallest absolute Gasteiger partial charge is 0.295 e. The van der Waals surface area contributed by atoms with Gasteiger partial charge in [0.1, 0.15) is 0 Å². The summed E-state index contributed by atoms with van der Waals surface area (Å²) in [7, 11) is -4.26. The fraction of sp³-hybridized carbons (Fsp3) is 0.355. The Morgan fingerprint density at radius 3 is 2.09 bits per heavy atom. The molecule has 0 radical (unpaired) electrons. The minimum Gasteiger partial charge on any atom is -0.363 e. The lowest BCUT2D eigenvalue weighted by molar-refractivity contribution is -0.131. The van der Waals surface area contributed by atoms with Gasteiger partial charge in [-0.1, -0.05) is 45.9 Å². The van der Waals surface area contributed by atoms with Crippen LogP contribution in [0.3, 0.4) is 0 Å². The van der Waals surface area contributed by atoms with Gasteiger partial charge in [0.15, 0.2) is 5.75 Å². The standard InChI is InChI=1S/C31H35Cl2N5O5S/c32-25-10-13-29(28(33)22-25)43-38(26-6-2-1-3-7-26)44(41,42)27-11-8-24(9-12-27)31(40)34-23-30(39)37-20-18-36(19-21-37)17-16-35-14-4-5-15-35/h1-3,6-13,22H,4-5,14-21,23H2,(H,34,40). The molecule has 3 aromatic rings. The lowest BCUT2D eigenvalue weighted by Gasteiger charge is -2.35. The fourth-order valence-corrected chi connectivity index (χ4v) is 6.87. The van der Waals surface area contributed by atoms with Crippen LogP contribution in [-0.4, -0.2) is 93.8 Å². The Hall–Kier alpha value is -3.35. The number of amides is 2. The largest absolute Gasteiger partial charge is 0.363 e. The van der Waals surface area contributed by atoms with E-state index in [9.17, 15) is 18.0 Å². The van der Waals surface area contributed by atoms with Gasteiger partial charge in [-0.25, -0.2) is 0 Å². The number of rotatable bonds is 11. The molecule has 5 rings (SSSR count). The van der Waals surface area contributed by atoms with Gasteiger partial charge in [-0.15, -0.1) is 0 Å². The number of carbonyl (C=O) groups excluding carboxylic acids is 2. The Bertz CT molecular complexity index is 1550. The Morgan fingerprint density at radius 2 is 1.45 bits per heavy atom. The Labute approximate surface area is 268 Å². The summed E-state index contributed by atoms with van der Waals surface area (Å²) in [5, 5.41) is 3.17. The van der Waals surface area contributed by atoms with E-state index < -0.39 is 15.9 Å². The van der Waals surface area contributed by atoms with Crippen molar-refractivity contribution < 1.29 is 22.8 Å². The first-order chi connectivity index (χ1) is 21.2. The van der Waals surface area contributed by atoms with Crippen molar-refractivity contribution >= 4 is 50.7 Å². The summed E-state index contributed by atoms with van der Waals surface area (Å²) in [5.74, 6) is -0.531. The van der Waals surface area contributed by atoms with Crippen LogP contribution >= 0.6 is 23.2 Å². The molecular formula is C31H35Cl2N5O5S. The molecule has 2 fully saturated rings. The molecule has 3 aromatic carbocycles. The third-order valence-electron chi connectivity index (χ3n) is 7.73. The van der Waals surface area contributed by atoms with Gasteiger partial charge < -0.3 is 20.0 Å². The van der Waals surface area contributed by atoms with Gasteiger partial charge in [-0.3, -0.25) is 14.5 Å². The zero-order valence-electron chi connectivity index (χ0n) is 24.2. The topological polar surface area (TPSA) is 102 Å². The average Bonchev–Trinajstić information content (AvgIpc) is 3.56. The molecular weight excluding hydrogens is 625 g/mol. The van der Waals surface area contributed by atoms with Crippen LogP contribution in [0.25, 0.3) is 0 Å². The number of nitrogens with zero attached hydrogens (tertiary/aromatic N) is 4. The van der Waals surface area contributed by atoms with Crippen LogP contribution in [0.4, 0.5) is 5.69 Å². The van der Waals surface area contributed by atoms with E-state index in [1.165, 1.54) is 68.4 Å². The predicted molar refractivity (Wildman–Crippen MR) is 171 cm³/mol. The molecule has 0 saturated carbocycles. The van der Waals surface area contributed by atoms with Crippen LogP contribution in [0, 0.1) is 0 Å². The van der Waals surface area contributed by atoms with Crippen molar-refractivity contribution in [1.82, 2.24) is 20.0 Å². The van der Waals surface area contributed by atoms with E-state index in [4.69, 9.17) is 28.0 Å². The summed E-state index contributed by atoms with van der Waals surface area (Å²) >= 11 is 12.2. The molecule has 234 valence electrons. The number of nitrogens with one attached hydrogen (secondary N) is 1. The van der Waals surface area contributed by atoms with E-state index in [1.807, 2.05) is 0 Å². The number of hydrogen-bond donors (Lipinski definition) is 1. The summed E-state index contributed by atoms with van der Waals surface area (Å²) < 4.78 is 28.2. The van der Waals surface area contributed by atoms with Crippen molar-refractivity contribution in [1.29, 1.82) is 0 Å². The molecule has 0 bridgehead atoms. The number of hydrogen-bond acceptors (Lipinski definition) is 7. The SMILES string of the molecule is O=C(NCC(=O)N1CCN(CCN2CCCC2)CC1)c1ccc(S(=O)(=O)N(Oc2ccc(Cl)cc2Cl)c2ccccc2)cc1. The molecule has 0 unspecified atom stereocenters. The van der Waals surface area contributed by atoms with Gasteiger partial charge in [-0.2, -0.15) is 8.42 Å². The highest BCUT2D eigenvalue weighted by atomic mass is 35.5. The normalized spacial score (nSPS) is 16.1. The summed E-state index contributed by atoms with van der Waals surface area (Å²) in [6.07, 6.45) is 2.56. The number of para-hydroxylation sites is 1. The lowest BCUT2D eigenvalue weighted by Crippen LogP contribution is -2.52. The Kier molecular flexibility index (Phi) is 10.7. The number of sulfonamides is 1. The number of carbonyl (C=O) groups is 2. The van der Waals surface area contributed by atoms with Crippen molar-refractivity contribution in [2.24, 2.45) is 0 Å². The molecule has 1 N–H and O–H groups in total. The maximum Gasteiger partial charge on any atom is 0.295 e. The van der Waals surface area contributed by atoms with Crippen molar-refractivity contribution in [2.45, 2.75) is 17.7 Å². The van der Waals surface area contributed by atoms with E-state index in [2.05, 4.69) is 15.1 Å². The number of piperazine rings is 1. The summed E-state index contributed by atoms with van der Waals surface area (Å²) in [4.78, 5) is 37.9. The molecule has 2 aliphatic rings. The first-order valence-electron chi connectivity index (χ1n) is 14.5. The van der Waals surface area contributed by atoms with E-state index in [-0.39, 0.29) is 39.4 Å². The molecule has 2 aliphatic heterocycles. The van der Waals surface area contributed by atoms with E-state index in [1.54, 1.807) is 35.2 Å². The molecule has 2 heterocycles. The van der Waals surface area contributed by atoms with Crippen LogP contribution < -0.4 is 14.6 Å². The number of anilines is 1. The average molecular weight is 661 g/mol.